The number of anilines is 2. The highest BCUT2D eigenvalue weighted by Crippen LogP contribution is 2.41. The molecule has 3 fully saturated rings. The van der Waals surface area contributed by atoms with Gasteiger partial charge in [0.15, 0.2) is 0 Å². The predicted octanol–water partition coefficient (Wildman–Crippen LogP) is 4.44. The number of halogens is 2. The highest BCUT2D eigenvalue weighted by Gasteiger charge is 2.41. The van der Waals surface area contributed by atoms with Crippen molar-refractivity contribution in [2.75, 3.05) is 49.5 Å². The number of aromatic nitrogens is 2. The number of piperidine rings is 1. The molecule has 3 aliphatic rings. The Kier molecular flexibility index (Phi) is 6.74. The molecule has 0 saturated carbocycles. The third kappa shape index (κ3) is 5.14. The molecule has 0 bridgehead atoms. The van der Waals surface area contributed by atoms with Crippen LogP contribution in [-0.2, 0) is 6.54 Å². The Morgan fingerprint density at radius 3 is 2.75 bits per heavy atom. The van der Waals surface area contributed by atoms with Gasteiger partial charge in [-0.3, -0.25) is 0 Å². The van der Waals surface area contributed by atoms with Crippen LogP contribution in [0.5, 0.6) is 0 Å². The number of benzene rings is 1. The minimum absolute atomic E-state index is 0.482. The number of rotatable bonds is 6. The van der Waals surface area contributed by atoms with Crippen LogP contribution in [0.25, 0.3) is 0 Å². The molecule has 1 aromatic heterocycles. The largest absolute Gasteiger partial charge is 0.366 e. The van der Waals surface area contributed by atoms with Gasteiger partial charge in [0.2, 0.25) is 5.95 Å². The number of nitrogens with one attached hydrogen (secondary N) is 2. The van der Waals surface area contributed by atoms with E-state index in [1.807, 2.05) is 24.4 Å². The number of hydrogen-bond donors (Lipinski definition) is 2. The van der Waals surface area contributed by atoms with Crippen LogP contribution < -0.4 is 15.5 Å². The van der Waals surface area contributed by atoms with Gasteiger partial charge in [0.1, 0.15) is 5.82 Å². The number of hydrogen-bond acceptors (Lipinski definition) is 6. The summed E-state index contributed by atoms with van der Waals surface area (Å²) in [6, 6.07) is 8.18. The molecule has 4 heterocycles. The first-order valence-electron chi connectivity index (χ1n) is 11.8. The van der Waals surface area contributed by atoms with Crippen LogP contribution in [0.1, 0.15) is 37.7 Å². The van der Waals surface area contributed by atoms with E-state index in [-0.39, 0.29) is 0 Å². The third-order valence-corrected chi connectivity index (χ3v) is 7.97. The van der Waals surface area contributed by atoms with Gasteiger partial charge >= 0.3 is 0 Å². The lowest BCUT2D eigenvalue weighted by molar-refractivity contribution is 0.201. The van der Waals surface area contributed by atoms with Crippen molar-refractivity contribution in [3.63, 3.8) is 0 Å². The molecule has 3 aliphatic heterocycles. The molecule has 6 nitrogen and oxygen atoms in total. The molecular formula is C24H32Cl2N6. The topological polar surface area (TPSA) is 56.3 Å². The van der Waals surface area contributed by atoms with Crippen molar-refractivity contribution in [1.82, 2.24) is 20.2 Å². The van der Waals surface area contributed by atoms with Gasteiger partial charge in [-0.25, -0.2) is 4.98 Å². The van der Waals surface area contributed by atoms with E-state index in [2.05, 4.69) is 25.4 Å². The van der Waals surface area contributed by atoms with Gasteiger partial charge in [-0.15, -0.1) is 0 Å². The quantitative estimate of drug-likeness (QED) is 0.645. The fourth-order valence-corrected chi connectivity index (χ4v) is 5.92. The summed E-state index contributed by atoms with van der Waals surface area (Å²) in [5.41, 5.74) is 1.48. The molecule has 0 amide bonds. The molecule has 2 N–H and O–H groups in total. The fourth-order valence-electron chi connectivity index (χ4n) is 5.45. The molecule has 172 valence electrons. The van der Waals surface area contributed by atoms with Crippen LogP contribution >= 0.6 is 23.2 Å². The van der Waals surface area contributed by atoms with Crippen LogP contribution in [0.3, 0.4) is 0 Å². The molecule has 2 aromatic rings. The first-order valence-corrected chi connectivity index (χ1v) is 12.6. The molecule has 8 heteroatoms. The SMILES string of the molecule is Clc1ccc(CNc2ccnc(N3CCC4(CCN(C[C@H]5CCCN5)C4)CC3)n2)c(Cl)c1. The average Bonchev–Trinajstić information content (AvgIpc) is 3.45. The minimum Gasteiger partial charge on any atom is -0.366 e. The summed E-state index contributed by atoms with van der Waals surface area (Å²) in [4.78, 5) is 14.4. The summed E-state index contributed by atoms with van der Waals surface area (Å²) in [6.45, 7) is 7.58. The molecule has 1 spiro atoms. The molecule has 3 saturated heterocycles. The summed E-state index contributed by atoms with van der Waals surface area (Å²) < 4.78 is 0. The maximum Gasteiger partial charge on any atom is 0.227 e. The van der Waals surface area contributed by atoms with Gasteiger partial charge in [0.25, 0.3) is 0 Å². The molecule has 0 unspecified atom stereocenters. The Balaban J connectivity index is 1.15. The molecule has 1 atom stereocenters. The first kappa shape index (κ1) is 22.2. The zero-order valence-electron chi connectivity index (χ0n) is 18.5. The Morgan fingerprint density at radius 1 is 1.12 bits per heavy atom. The Morgan fingerprint density at radius 2 is 1.97 bits per heavy atom. The van der Waals surface area contributed by atoms with E-state index >= 15 is 0 Å². The molecule has 0 aliphatic carbocycles. The summed E-state index contributed by atoms with van der Waals surface area (Å²) in [7, 11) is 0. The van der Waals surface area contributed by atoms with Crippen LogP contribution in [0.15, 0.2) is 30.5 Å². The van der Waals surface area contributed by atoms with Crippen molar-refractivity contribution in [2.24, 2.45) is 5.41 Å². The van der Waals surface area contributed by atoms with Crippen LogP contribution in [0.2, 0.25) is 10.0 Å². The molecule has 5 rings (SSSR count). The lowest BCUT2D eigenvalue weighted by Gasteiger charge is -2.39. The van der Waals surface area contributed by atoms with E-state index in [9.17, 15) is 0 Å². The van der Waals surface area contributed by atoms with Crippen LogP contribution in [0.4, 0.5) is 11.8 Å². The van der Waals surface area contributed by atoms with Gasteiger partial charge in [-0.05, 0) is 74.4 Å². The second-order valence-electron chi connectivity index (χ2n) is 9.60. The monoisotopic (exact) mass is 474 g/mol. The maximum atomic E-state index is 6.29. The van der Waals surface area contributed by atoms with E-state index in [0.29, 0.717) is 28.0 Å². The van der Waals surface area contributed by atoms with Crippen molar-refractivity contribution in [3.05, 3.63) is 46.1 Å². The molecule has 0 radical (unpaired) electrons. The minimum atomic E-state index is 0.482. The standard InChI is InChI=1S/C24H32Cl2N6/c25-19-4-3-18(21(26)14-19)15-29-22-5-10-28-23(30-22)32-12-7-24(8-13-32)6-11-31(17-24)16-20-2-1-9-27-20/h3-5,10,14,20,27H,1-2,6-9,11-13,15-17H2,(H,28,29,30)/t20-/m1/s1. The van der Waals surface area contributed by atoms with Crippen molar-refractivity contribution in [1.29, 1.82) is 0 Å². The second-order valence-corrected chi connectivity index (χ2v) is 10.4. The van der Waals surface area contributed by atoms with Crippen molar-refractivity contribution in [3.8, 4) is 0 Å². The van der Waals surface area contributed by atoms with Crippen molar-refractivity contribution in [2.45, 2.75) is 44.7 Å². The van der Waals surface area contributed by atoms with Gasteiger partial charge in [-0.1, -0.05) is 29.3 Å². The van der Waals surface area contributed by atoms with E-state index < -0.39 is 0 Å². The Hall–Kier alpha value is -1.60. The average molecular weight is 475 g/mol. The second kappa shape index (κ2) is 9.72. The zero-order valence-corrected chi connectivity index (χ0v) is 20.0. The fraction of sp³-hybridized carbons (Fsp3) is 0.583. The molecule has 32 heavy (non-hydrogen) atoms. The molecular weight excluding hydrogens is 443 g/mol. The predicted molar refractivity (Wildman–Crippen MR) is 132 cm³/mol. The number of likely N-dealkylation sites (tertiary alicyclic amines) is 1. The van der Waals surface area contributed by atoms with E-state index in [4.69, 9.17) is 28.2 Å². The van der Waals surface area contributed by atoms with Crippen molar-refractivity contribution < 1.29 is 0 Å². The number of nitrogens with zero attached hydrogens (tertiary/aromatic N) is 4. The third-order valence-electron chi connectivity index (χ3n) is 7.38. The van der Waals surface area contributed by atoms with Crippen LogP contribution in [0, 0.1) is 5.41 Å². The highest BCUT2D eigenvalue weighted by atomic mass is 35.5. The first-order chi connectivity index (χ1) is 15.6. The smallest absolute Gasteiger partial charge is 0.227 e. The molecule has 1 aromatic carbocycles. The highest BCUT2D eigenvalue weighted by molar-refractivity contribution is 6.35. The Labute approximate surface area is 200 Å². The summed E-state index contributed by atoms with van der Waals surface area (Å²) in [6.07, 6.45) is 8.29. The van der Waals surface area contributed by atoms with Gasteiger partial charge in [0.05, 0.1) is 0 Å². The van der Waals surface area contributed by atoms with Gasteiger partial charge in [-0.2, -0.15) is 4.98 Å². The van der Waals surface area contributed by atoms with E-state index in [0.717, 1.165) is 30.4 Å². The van der Waals surface area contributed by atoms with E-state index in [1.165, 1.54) is 58.3 Å². The summed E-state index contributed by atoms with van der Waals surface area (Å²) in [5.74, 6) is 1.63. The Bertz CT molecular complexity index is 924. The maximum absolute atomic E-state index is 6.29. The normalized spacial score (nSPS) is 23.2. The van der Waals surface area contributed by atoms with Crippen LogP contribution in [-0.4, -0.2) is 60.2 Å². The summed E-state index contributed by atoms with van der Waals surface area (Å²) >= 11 is 12.3. The van der Waals surface area contributed by atoms with Crippen molar-refractivity contribution >= 4 is 35.0 Å². The van der Waals surface area contributed by atoms with E-state index in [1.54, 1.807) is 6.07 Å². The van der Waals surface area contributed by atoms with Gasteiger partial charge in [0, 0.05) is 55.0 Å². The lowest BCUT2D eigenvalue weighted by atomic mass is 9.78. The van der Waals surface area contributed by atoms with Gasteiger partial charge < -0.3 is 20.4 Å². The summed E-state index contributed by atoms with van der Waals surface area (Å²) in [5, 5.41) is 8.33. The lowest BCUT2D eigenvalue weighted by Crippen LogP contribution is -2.43. The zero-order chi connectivity index (χ0) is 22.0.